The second-order valence-corrected chi connectivity index (χ2v) is 8.49. The first kappa shape index (κ1) is 25.1. The van der Waals surface area contributed by atoms with Crippen molar-refractivity contribution in [1.82, 2.24) is 14.9 Å². The zero-order chi connectivity index (χ0) is 25.2. The van der Waals surface area contributed by atoms with E-state index in [1.807, 2.05) is 42.5 Å². The van der Waals surface area contributed by atoms with Crippen LogP contribution in [0.15, 0.2) is 72.8 Å². The normalized spacial score (nSPS) is 10.8. The highest BCUT2D eigenvalue weighted by atomic mass is 16.5. The topological polar surface area (TPSA) is 74.6 Å². The molecule has 0 aliphatic rings. The number of hydrogen-bond acceptors (Lipinski definition) is 5. The molecule has 0 fully saturated rings. The highest BCUT2D eigenvalue weighted by molar-refractivity contribution is 5.94. The zero-order valence-corrected chi connectivity index (χ0v) is 20.9. The molecule has 0 saturated heterocycles. The molecule has 7 nitrogen and oxygen atoms in total. The van der Waals surface area contributed by atoms with E-state index in [-0.39, 0.29) is 5.91 Å². The summed E-state index contributed by atoms with van der Waals surface area (Å²) in [6.07, 6.45) is 3.81. The van der Waals surface area contributed by atoms with Crippen LogP contribution < -0.4 is 19.5 Å². The lowest BCUT2D eigenvalue weighted by molar-refractivity contribution is 0.0953. The zero-order valence-electron chi connectivity index (χ0n) is 20.9. The van der Waals surface area contributed by atoms with E-state index in [2.05, 4.69) is 16.0 Å². The van der Waals surface area contributed by atoms with E-state index < -0.39 is 0 Å². The van der Waals surface area contributed by atoms with Crippen molar-refractivity contribution >= 4 is 16.9 Å². The maximum atomic E-state index is 12.3. The van der Waals surface area contributed by atoms with E-state index in [1.165, 1.54) is 0 Å². The summed E-state index contributed by atoms with van der Waals surface area (Å²) in [6.45, 7) is 1.92. The van der Waals surface area contributed by atoms with E-state index in [9.17, 15) is 4.79 Å². The summed E-state index contributed by atoms with van der Waals surface area (Å²) in [7, 11) is 3.26. The molecule has 36 heavy (non-hydrogen) atoms. The number of aryl methyl sites for hydroxylation is 1. The Bertz CT molecular complexity index is 1250. The van der Waals surface area contributed by atoms with E-state index >= 15 is 0 Å². The van der Waals surface area contributed by atoms with Crippen LogP contribution in [0.3, 0.4) is 0 Å². The number of benzene rings is 3. The molecule has 7 heteroatoms. The van der Waals surface area contributed by atoms with Crippen molar-refractivity contribution in [3.05, 3.63) is 84.2 Å². The number of unbranched alkanes of at least 4 members (excludes halogenated alkanes) is 2. The van der Waals surface area contributed by atoms with Crippen molar-refractivity contribution in [2.24, 2.45) is 0 Å². The van der Waals surface area contributed by atoms with Gasteiger partial charge >= 0.3 is 0 Å². The quantitative estimate of drug-likeness (QED) is 0.260. The number of fused-ring (bicyclic) bond motifs is 1. The Hall–Kier alpha value is -4.00. The second kappa shape index (κ2) is 12.6. The minimum atomic E-state index is -0.0590. The molecule has 1 N–H and O–H groups in total. The van der Waals surface area contributed by atoms with Gasteiger partial charge in [0.1, 0.15) is 29.7 Å². The molecular weight excluding hydrogens is 454 g/mol. The van der Waals surface area contributed by atoms with Crippen molar-refractivity contribution in [3.8, 4) is 17.2 Å². The Morgan fingerprint density at radius 2 is 1.50 bits per heavy atom. The SMILES string of the molecule is COc1ccc(OCCn2c(CCCCCNC(=O)c3ccc(OC)cc3)nc3ccccc32)cc1. The molecule has 0 atom stereocenters. The van der Waals surface area contributed by atoms with Crippen LogP contribution >= 0.6 is 0 Å². The fourth-order valence-corrected chi connectivity index (χ4v) is 4.12. The van der Waals surface area contributed by atoms with Gasteiger partial charge in [-0.15, -0.1) is 0 Å². The molecule has 1 heterocycles. The number of aromatic nitrogens is 2. The fraction of sp³-hybridized carbons (Fsp3) is 0.310. The minimum Gasteiger partial charge on any atom is -0.497 e. The lowest BCUT2D eigenvalue weighted by Crippen LogP contribution is -2.24. The molecule has 0 aliphatic heterocycles. The third-order valence-corrected chi connectivity index (χ3v) is 6.09. The van der Waals surface area contributed by atoms with Crippen LogP contribution in [0.2, 0.25) is 0 Å². The molecule has 188 valence electrons. The molecule has 0 unspecified atom stereocenters. The monoisotopic (exact) mass is 487 g/mol. The first-order chi connectivity index (χ1) is 17.7. The third kappa shape index (κ3) is 6.56. The molecule has 1 amide bonds. The average Bonchev–Trinajstić information content (AvgIpc) is 3.28. The molecule has 4 aromatic rings. The molecule has 0 radical (unpaired) electrons. The van der Waals surface area contributed by atoms with Gasteiger partial charge in [0.05, 0.1) is 31.8 Å². The largest absolute Gasteiger partial charge is 0.497 e. The van der Waals surface area contributed by atoms with Crippen LogP contribution in [0, 0.1) is 0 Å². The van der Waals surface area contributed by atoms with Crippen LogP contribution in [-0.2, 0) is 13.0 Å². The van der Waals surface area contributed by atoms with Crippen LogP contribution in [0.5, 0.6) is 17.2 Å². The van der Waals surface area contributed by atoms with Crippen LogP contribution in [0.25, 0.3) is 11.0 Å². The number of amides is 1. The van der Waals surface area contributed by atoms with Gasteiger partial charge < -0.3 is 24.1 Å². The Labute approximate surface area is 212 Å². The van der Waals surface area contributed by atoms with E-state index in [0.29, 0.717) is 18.7 Å². The van der Waals surface area contributed by atoms with Gasteiger partial charge in [-0.05, 0) is 73.5 Å². The number of ether oxygens (including phenoxy) is 3. The summed E-state index contributed by atoms with van der Waals surface area (Å²) in [5.41, 5.74) is 2.77. The summed E-state index contributed by atoms with van der Waals surface area (Å²) in [4.78, 5) is 17.2. The van der Waals surface area contributed by atoms with Crippen molar-refractivity contribution in [1.29, 1.82) is 0 Å². The molecule has 4 rings (SSSR count). The van der Waals surface area contributed by atoms with E-state index in [0.717, 1.165) is 66.3 Å². The molecule has 0 spiro atoms. The summed E-state index contributed by atoms with van der Waals surface area (Å²) in [5.74, 6) is 3.38. The van der Waals surface area contributed by atoms with Crippen molar-refractivity contribution in [2.75, 3.05) is 27.4 Å². The van der Waals surface area contributed by atoms with Gasteiger partial charge in [-0.2, -0.15) is 0 Å². The molecule has 0 aliphatic carbocycles. The number of rotatable bonds is 13. The molecule has 1 aromatic heterocycles. The summed E-state index contributed by atoms with van der Waals surface area (Å²) >= 11 is 0. The summed E-state index contributed by atoms with van der Waals surface area (Å²) in [6, 6.07) is 23.0. The van der Waals surface area contributed by atoms with Crippen molar-refractivity contribution in [2.45, 2.75) is 32.2 Å². The Morgan fingerprint density at radius 3 is 2.22 bits per heavy atom. The van der Waals surface area contributed by atoms with Gasteiger partial charge in [0.15, 0.2) is 0 Å². The Morgan fingerprint density at radius 1 is 0.833 bits per heavy atom. The number of imidazole rings is 1. The van der Waals surface area contributed by atoms with Crippen molar-refractivity contribution < 1.29 is 19.0 Å². The highest BCUT2D eigenvalue weighted by Gasteiger charge is 2.11. The van der Waals surface area contributed by atoms with Crippen LogP contribution in [0.1, 0.15) is 35.4 Å². The fourth-order valence-electron chi connectivity index (χ4n) is 4.12. The number of methoxy groups -OCH3 is 2. The van der Waals surface area contributed by atoms with Gasteiger partial charge in [0, 0.05) is 18.5 Å². The lowest BCUT2D eigenvalue weighted by atomic mass is 10.1. The smallest absolute Gasteiger partial charge is 0.251 e. The predicted octanol–water partition coefficient (Wildman–Crippen LogP) is 5.28. The van der Waals surface area contributed by atoms with Gasteiger partial charge in [0.2, 0.25) is 0 Å². The molecule has 0 saturated carbocycles. The number of nitrogens with one attached hydrogen (secondary N) is 1. The summed E-state index contributed by atoms with van der Waals surface area (Å²) in [5, 5.41) is 2.99. The number of carbonyl (C=O) groups excluding carboxylic acids is 1. The van der Waals surface area contributed by atoms with Crippen LogP contribution in [0.4, 0.5) is 0 Å². The van der Waals surface area contributed by atoms with Crippen LogP contribution in [-0.4, -0.2) is 42.8 Å². The second-order valence-electron chi connectivity index (χ2n) is 8.49. The number of hydrogen-bond donors (Lipinski definition) is 1. The van der Waals surface area contributed by atoms with Crippen molar-refractivity contribution in [3.63, 3.8) is 0 Å². The number of para-hydroxylation sites is 2. The first-order valence-electron chi connectivity index (χ1n) is 12.3. The number of nitrogens with zero attached hydrogens (tertiary/aromatic N) is 2. The maximum Gasteiger partial charge on any atom is 0.251 e. The Kier molecular flexibility index (Phi) is 8.81. The average molecular weight is 488 g/mol. The van der Waals surface area contributed by atoms with Gasteiger partial charge in [-0.25, -0.2) is 4.98 Å². The third-order valence-electron chi connectivity index (χ3n) is 6.09. The standard InChI is InChI=1S/C29H33N3O4/c1-34-23-13-11-22(12-14-23)29(33)30-19-7-3-4-10-28-31-26-8-5-6-9-27(26)32(28)20-21-36-25-17-15-24(35-2)16-18-25/h5-6,8-9,11-18H,3-4,7,10,19-21H2,1-2H3,(H,30,33). The maximum absolute atomic E-state index is 12.3. The minimum absolute atomic E-state index is 0.0590. The highest BCUT2D eigenvalue weighted by Crippen LogP contribution is 2.20. The molecule has 0 bridgehead atoms. The molecular formula is C29H33N3O4. The van der Waals surface area contributed by atoms with E-state index in [4.69, 9.17) is 19.2 Å². The van der Waals surface area contributed by atoms with Gasteiger partial charge in [0.25, 0.3) is 5.91 Å². The first-order valence-corrected chi connectivity index (χ1v) is 12.3. The Balaban J connectivity index is 1.25. The van der Waals surface area contributed by atoms with Gasteiger partial charge in [-0.1, -0.05) is 18.6 Å². The summed E-state index contributed by atoms with van der Waals surface area (Å²) < 4.78 is 18.6. The molecule has 3 aromatic carbocycles. The lowest BCUT2D eigenvalue weighted by Gasteiger charge is -2.11. The predicted molar refractivity (Wildman–Crippen MR) is 141 cm³/mol. The number of carbonyl (C=O) groups is 1. The van der Waals surface area contributed by atoms with E-state index in [1.54, 1.807) is 38.5 Å². The van der Waals surface area contributed by atoms with Gasteiger partial charge in [-0.3, -0.25) is 4.79 Å².